The van der Waals surface area contributed by atoms with Gasteiger partial charge in [0.2, 0.25) is 0 Å². The fourth-order valence-corrected chi connectivity index (χ4v) is 4.14. The number of anilines is 1. The van der Waals surface area contributed by atoms with E-state index in [1.165, 1.54) is 31.6 Å². The van der Waals surface area contributed by atoms with E-state index in [1.54, 1.807) is 5.56 Å². The molecule has 2 saturated heterocycles. The molecule has 120 valence electrons. The van der Waals surface area contributed by atoms with Crippen molar-refractivity contribution in [3.05, 3.63) is 29.8 Å². The Morgan fingerprint density at radius 3 is 2.86 bits per heavy atom. The second-order valence-corrected chi connectivity index (χ2v) is 6.88. The van der Waals surface area contributed by atoms with Crippen molar-refractivity contribution in [3.63, 3.8) is 0 Å². The lowest BCUT2D eigenvalue weighted by Gasteiger charge is -2.40. The van der Waals surface area contributed by atoms with Gasteiger partial charge in [0.15, 0.2) is 0 Å². The van der Waals surface area contributed by atoms with Crippen LogP contribution in [0.25, 0.3) is 0 Å². The molecule has 4 heteroatoms. The molecule has 1 N–H and O–H groups in total. The van der Waals surface area contributed by atoms with Crippen molar-refractivity contribution < 1.29 is 9.47 Å². The van der Waals surface area contributed by atoms with Gasteiger partial charge < -0.3 is 19.7 Å². The van der Waals surface area contributed by atoms with E-state index in [0.717, 1.165) is 39.3 Å². The highest BCUT2D eigenvalue weighted by Gasteiger charge is 2.41. The summed E-state index contributed by atoms with van der Waals surface area (Å²) in [4.78, 5) is 2.60. The topological polar surface area (TPSA) is 33.7 Å². The van der Waals surface area contributed by atoms with Crippen molar-refractivity contribution >= 4 is 5.69 Å². The predicted molar refractivity (Wildman–Crippen MR) is 87.5 cm³/mol. The molecule has 1 spiro atoms. The molecule has 1 aromatic carbocycles. The SMILES string of the molecule is c1ccc2c(c1)NCC21CCN(CCC2COCCO2)CC1. The summed E-state index contributed by atoms with van der Waals surface area (Å²) >= 11 is 0. The highest BCUT2D eigenvalue weighted by Crippen LogP contribution is 2.43. The van der Waals surface area contributed by atoms with Crippen LogP contribution >= 0.6 is 0 Å². The van der Waals surface area contributed by atoms with Gasteiger partial charge in [0.1, 0.15) is 0 Å². The monoisotopic (exact) mass is 302 g/mol. The number of ether oxygens (including phenoxy) is 2. The molecular formula is C18H26N2O2. The van der Waals surface area contributed by atoms with Gasteiger partial charge in [-0.3, -0.25) is 0 Å². The van der Waals surface area contributed by atoms with Gasteiger partial charge >= 0.3 is 0 Å². The third kappa shape index (κ3) is 2.75. The van der Waals surface area contributed by atoms with Crippen LogP contribution in [-0.4, -0.2) is 57.0 Å². The number of nitrogens with zero attached hydrogens (tertiary/aromatic N) is 1. The first-order chi connectivity index (χ1) is 10.9. The Hall–Kier alpha value is -1.10. The van der Waals surface area contributed by atoms with Crippen molar-refractivity contribution in [1.82, 2.24) is 4.90 Å². The van der Waals surface area contributed by atoms with Crippen molar-refractivity contribution in [2.75, 3.05) is 51.3 Å². The van der Waals surface area contributed by atoms with E-state index in [4.69, 9.17) is 9.47 Å². The normalized spacial score (nSPS) is 27.5. The number of likely N-dealkylation sites (tertiary alicyclic amines) is 1. The average molecular weight is 302 g/mol. The summed E-state index contributed by atoms with van der Waals surface area (Å²) in [7, 11) is 0. The molecule has 2 fully saturated rings. The molecule has 0 aliphatic carbocycles. The molecule has 1 atom stereocenters. The second-order valence-electron chi connectivity index (χ2n) is 6.88. The van der Waals surface area contributed by atoms with Gasteiger partial charge in [-0.05, 0) is 44.0 Å². The Balaban J connectivity index is 1.31. The first-order valence-electron chi connectivity index (χ1n) is 8.61. The van der Waals surface area contributed by atoms with Crippen LogP contribution in [0.2, 0.25) is 0 Å². The van der Waals surface area contributed by atoms with Crippen LogP contribution in [0.1, 0.15) is 24.8 Å². The fraction of sp³-hybridized carbons (Fsp3) is 0.667. The van der Waals surface area contributed by atoms with Crippen molar-refractivity contribution in [1.29, 1.82) is 0 Å². The van der Waals surface area contributed by atoms with Gasteiger partial charge in [0.25, 0.3) is 0 Å². The molecule has 4 rings (SSSR count). The fourth-order valence-electron chi connectivity index (χ4n) is 4.14. The van der Waals surface area contributed by atoms with Gasteiger partial charge in [0.05, 0.1) is 25.9 Å². The number of rotatable bonds is 3. The van der Waals surface area contributed by atoms with Crippen LogP contribution in [0.15, 0.2) is 24.3 Å². The zero-order valence-electron chi connectivity index (χ0n) is 13.2. The first kappa shape index (κ1) is 14.5. The first-order valence-corrected chi connectivity index (χ1v) is 8.61. The maximum absolute atomic E-state index is 5.75. The smallest absolute Gasteiger partial charge is 0.0821 e. The van der Waals surface area contributed by atoms with E-state index >= 15 is 0 Å². The molecule has 0 amide bonds. The average Bonchev–Trinajstić information content (AvgIpc) is 2.94. The number of hydrogen-bond acceptors (Lipinski definition) is 4. The molecular weight excluding hydrogens is 276 g/mol. The van der Waals surface area contributed by atoms with E-state index in [2.05, 4.69) is 34.5 Å². The molecule has 3 aliphatic heterocycles. The Morgan fingerprint density at radius 1 is 1.18 bits per heavy atom. The molecule has 3 heterocycles. The molecule has 0 saturated carbocycles. The van der Waals surface area contributed by atoms with Gasteiger partial charge in [-0.15, -0.1) is 0 Å². The highest BCUT2D eigenvalue weighted by molar-refractivity contribution is 5.60. The van der Waals surface area contributed by atoms with Crippen LogP contribution in [0.4, 0.5) is 5.69 Å². The number of benzene rings is 1. The standard InChI is InChI=1S/C18H26N2O2/c1-2-4-17-16(3-1)18(14-19-17)6-9-20(10-7-18)8-5-15-13-21-11-12-22-15/h1-4,15,19H,5-14H2. The summed E-state index contributed by atoms with van der Waals surface area (Å²) in [5.74, 6) is 0. The van der Waals surface area contributed by atoms with Gasteiger partial charge in [0, 0.05) is 24.2 Å². The zero-order valence-corrected chi connectivity index (χ0v) is 13.2. The maximum Gasteiger partial charge on any atom is 0.0821 e. The lowest BCUT2D eigenvalue weighted by atomic mass is 9.74. The Kier molecular flexibility index (Phi) is 4.07. The maximum atomic E-state index is 5.75. The molecule has 1 aromatic rings. The summed E-state index contributed by atoms with van der Waals surface area (Å²) in [6, 6.07) is 8.85. The predicted octanol–water partition coefficient (Wildman–Crippen LogP) is 2.25. The lowest BCUT2D eigenvalue weighted by Crippen LogP contribution is -2.45. The Morgan fingerprint density at radius 2 is 2.05 bits per heavy atom. The molecule has 1 unspecified atom stereocenters. The van der Waals surface area contributed by atoms with Crippen LogP contribution in [0.3, 0.4) is 0 Å². The largest absolute Gasteiger partial charge is 0.384 e. The van der Waals surface area contributed by atoms with E-state index in [-0.39, 0.29) is 0 Å². The third-order valence-electron chi connectivity index (χ3n) is 5.58. The van der Waals surface area contributed by atoms with E-state index < -0.39 is 0 Å². The summed E-state index contributed by atoms with van der Waals surface area (Å²) in [5.41, 5.74) is 3.26. The van der Waals surface area contributed by atoms with Crippen LogP contribution in [-0.2, 0) is 14.9 Å². The zero-order chi connectivity index (χ0) is 14.8. The molecule has 0 bridgehead atoms. The Labute approximate surface area is 132 Å². The summed E-state index contributed by atoms with van der Waals surface area (Å²) in [6.07, 6.45) is 3.93. The van der Waals surface area contributed by atoms with Crippen molar-refractivity contribution in [3.8, 4) is 0 Å². The minimum atomic E-state index is 0.304. The highest BCUT2D eigenvalue weighted by atomic mass is 16.6. The summed E-state index contributed by atoms with van der Waals surface area (Å²) in [6.45, 7) is 6.94. The lowest BCUT2D eigenvalue weighted by molar-refractivity contribution is -0.0931. The van der Waals surface area contributed by atoms with Crippen molar-refractivity contribution in [2.24, 2.45) is 0 Å². The van der Waals surface area contributed by atoms with E-state index in [0.29, 0.717) is 11.5 Å². The number of hydrogen-bond donors (Lipinski definition) is 1. The number of piperidine rings is 1. The second kappa shape index (κ2) is 6.19. The summed E-state index contributed by atoms with van der Waals surface area (Å²) < 4.78 is 11.2. The Bertz CT molecular complexity index is 506. The van der Waals surface area contributed by atoms with Crippen LogP contribution < -0.4 is 5.32 Å². The summed E-state index contributed by atoms with van der Waals surface area (Å²) in [5, 5.41) is 3.60. The number of nitrogens with one attached hydrogen (secondary N) is 1. The van der Waals surface area contributed by atoms with Crippen molar-refractivity contribution in [2.45, 2.75) is 30.8 Å². The van der Waals surface area contributed by atoms with E-state index in [1.807, 2.05) is 0 Å². The van der Waals surface area contributed by atoms with E-state index in [9.17, 15) is 0 Å². The van der Waals surface area contributed by atoms with Gasteiger partial charge in [-0.2, -0.15) is 0 Å². The molecule has 0 aromatic heterocycles. The van der Waals surface area contributed by atoms with Gasteiger partial charge in [-0.1, -0.05) is 18.2 Å². The minimum Gasteiger partial charge on any atom is -0.384 e. The van der Waals surface area contributed by atoms with Crippen LogP contribution in [0, 0.1) is 0 Å². The minimum absolute atomic E-state index is 0.304. The molecule has 3 aliphatic rings. The van der Waals surface area contributed by atoms with Crippen LogP contribution in [0.5, 0.6) is 0 Å². The number of para-hydroxylation sites is 1. The quantitative estimate of drug-likeness (QED) is 0.928. The van der Waals surface area contributed by atoms with Gasteiger partial charge in [-0.25, -0.2) is 0 Å². The molecule has 4 nitrogen and oxygen atoms in total. The molecule has 22 heavy (non-hydrogen) atoms. The third-order valence-corrected chi connectivity index (χ3v) is 5.58. The molecule has 0 radical (unpaired) electrons. The number of fused-ring (bicyclic) bond motifs is 2.